The zero-order valence-corrected chi connectivity index (χ0v) is 23.4. The van der Waals surface area contributed by atoms with Crippen molar-refractivity contribution in [2.24, 2.45) is 0 Å². The van der Waals surface area contributed by atoms with Crippen LogP contribution in [0.25, 0.3) is 39.4 Å². The van der Waals surface area contributed by atoms with Crippen LogP contribution in [-0.4, -0.2) is 46.6 Å². The van der Waals surface area contributed by atoms with Gasteiger partial charge in [0, 0.05) is 42.3 Å². The van der Waals surface area contributed by atoms with Gasteiger partial charge in [0.1, 0.15) is 11.5 Å². The number of aromatic nitrogens is 4. The summed E-state index contributed by atoms with van der Waals surface area (Å²) in [6, 6.07) is 8.29. The maximum atomic E-state index is 15.0. The van der Waals surface area contributed by atoms with E-state index >= 15 is 0 Å². The number of methoxy groups -OCH3 is 1. The minimum Gasteiger partial charge on any atom is -0.479 e. The number of halogens is 5. The summed E-state index contributed by atoms with van der Waals surface area (Å²) in [6.45, 7) is 0.633. The van der Waals surface area contributed by atoms with Gasteiger partial charge < -0.3 is 14.3 Å². The van der Waals surface area contributed by atoms with E-state index < -0.39 is 50.4 Å². The normalized spacial score (nSPS) is 12.1. The first kappa shape index (κ1) is 29.8. The summed E-state index contributed by atoms with van der Waals surface area (Å²) in [4.78, 5) is 7.86. The number of aliphatic hydroxyl groups is 1. The lowest BCUT2D eigenvalue weighted by atomic mass is 9.97. The van der Waals surface area contributed by atoms with E-state index in [1.807, 2.05) is 0 Å². The second-order valence-corrected chi connectivity index (χ2v) is 11.4. The van der Waals surface area contributed by atoms with E-state index in [-0.39, 0.29) is 51.2 Å². The number of alkyl halides is 3. The highest BCUT2D eigenvalue weighted by Gasteiger charge is 2.34. The van der Waals surface area contributed by atoms with Gasteiger partial charge in [0.05, 0.1) is 24.3 Å². The van der Waals surface area contributed by atoms with Crippen LogP contribution >= 0.6 is 0 Å². The molecule has 0 aliphatic heterocycles. The molecule has 43 heavy (non-hydrogen) atoms. The Kier molecular flexibility index (Phi) is 7.56. The molecule has 5 aromatic rings. The molecule has 3 aromatic heterocycles. The zero-order chi connectivity index (χ0) is 31.3. The van der Waals surface area contributed by atoms with E-state index in [9.17, 15) is 35.5 Å². The summed E-state index contributed by atoms with van der Waals surface area (Å²) >= 11 is 0. The molecule has 0 bridgehead atoms. The highest BCUT2D eigenvalue weighted by molar-refractivity contribution is 7.90. The first-order chi connectivity index (χ1) is 20.2. The molecular weight excluding hydrogens is 599 g/mol. The van der Waals surface area contributed by atoms with Crippen LogP contribution in [0.4, 0.5) is 22.0 Å². The quantitative estimate of drug-likeness (QED) is 0.228. The van der Waals surface area contributed by atoms with E-state index in [1.165, 1.54) is 44.5 Å². The van der Waals surface area contributed by atoms with Gasteiger partial charge >= 0.3 is 6.18 Å². The maximum Gasteiger partial charge on any atom is 0.435 e. The number of benzene rings is 2. The third kappa shape index (κ3) is 5.72. The Labute approximate surface area is 241 Å². The Balaban J connectivity index is 1.78. The Bertz CT molecular complexity index is 1970. The first-order valence-corrected chi connectivity index (χ1v) is 14.2. The number of aliphatic hydroxyl groups excluding tert-OH is 1. The Morgan fingerprint density at radius 1 is 1.02 bits per heavy atom. The van der Waals surface area contributed by atoms with Crippen LogP contribution in [0.1, 0.15) is 17.1 Å². The average Bonchev–Trinajstić information content (AvgIpc) is 3.59. The minimum atomic E-state index is -4.73. The standard InChI is InChI=1S/C28H21F5N4O5S/c1-14-35-25(26(42-14)17-10-21(30)27(41-2)34-12-17)18-8-15(4-5-22(18)37-7-6-24(36-37)28(31,32)33)16-9-20(29)19(13-38)23(11-16)43(3,39)40/h4-12,38H,13H2,1-3H3. The molecule has 1 N–H and O–H groups in total. The van der Waals surface area contributed by atoms with Crippen LogP contribution < -0.4 is 4.74 Å². The molecule has 0 aliphatic rings. The summed E-state index contributed by atoms with van der Waals surface area (Å²) in [5.41, 5.74) is -0.863. The molecule has 0 fully saturated rings. The van der Waals surface area contributed by atoms with Gasteiger partial charge in [-0.25, -0.2) is 31.8 Å². The Morgan fingerprint density at radius 3 is 2.35 bits per heavy atom. The molecule has 3 heterocycles. The molecule has 0 aliphatic carbocycles. The smallest absolute Gasteiger partial charge is 0.435 e. The van der Waals surface area contributed by atoms with Crippen molar-refractivity contribution in [3.05, 3.63) is 83.6 Å². The van der Waals surface area contributed by atoms with Crippen molar-refractivity contribution < 1.29 is 44.6 Å². The second kappa shape index (κ2) is 10.9. The third-order valence-electron chi connectivity index (χ3n) is 6.42. The second-order valence-electron chi connectivity index (χ2n) is 9.37. The molecule has 0 unspecified atom stereocenters. The minimum absolute atomic E-state index is 0.00629. The van der Waals surface area contributed by atoms with Crippen molar-refractivity contribution in [3.8, 4) is 45.3 Å². The summed E-state index contributed by atoms with van der Waals surface area (Å²) < 4.78 is 106. The number of nitrogens with zero attached hydrogens (tertiary/aromatic N) is 4. The Morgan fingerprint density at radius 2 is 1.74 bits per heavy atom. The summed E-state index contributed by atoms with van der Waals surface area (Å²) in [6.07, 6.45) is -1.53. The third-order valence-corrected chi connectivity index (χ3v) is 7.58. The maximum absolute atomic E-state index is 15.0. The zero-order valence-electron chi connectivity index (χ0n) is 22.6. The van der Waals surface area contributed by atoms with E-state index in [1.54, 1.807) is 0 Å². The summed E-state index contributed by atoms with van der Waals surface area (Å²) in [5, 5.41) is 13.2. The number of ether oxygens (including phenoxy) is 1. The summed E-state index contributed by atoms with van der Waals surface area (Å²) in [5.74, 6) is -1.96. The van der Waals surface area contributed by atoms with Gasteiger partial charge in [-0.3, -0.25) is 0 Å². The number of rotatable bonds is 7. The molecule has 0 saturated carbocycles. The van der Waals surface area contributed by atoms with Gasteiger partial charge in [-0.05, 0) is 47.5 Å². The van der Waals surface area contributed by atoms with Gasteiger partial charge in [0.2, 0.25) is 5.88 Å². The van der Waals surface area contributed by atoms with Crippen molar-refractivity contribution in [1.29, 1.82) is 0 Å². The summed E-state index contributed by atoms with van der Waals surface area (Å²) in [7, 11) is -2.74. The number of aryl methyl sites for hydroxylation is 1. The number of hydrogen-bond acceptors (Lipinski definition) is 8. The first-order valence-electron chi connectivity index (χ1n) is 12.3. The van der Waals surface area contributed by atoms with Gasteiger partial charge in [-0.2, -0.15) is 18.3 Å². The predicted octanol–water partition coefficient (Wildman–Crippen LogP) is 5.77. The number of hydrogen-bond donors (Lipinski definition) is 1. The molecule has 0 amide bonds. The van der Waals surface area contributed by atoms with Crippen molar-refractivity contribution in [3.63, 3.8) is 0 Å². The lowest BCUT2D eigenvalue weighted by molar-refractivity contribution is -0.141. The van der Waals surface area contributed by atoms with Crippen molar-refractivity contribution in [1.82, 2.24) is 19.7 Å². The van der Waals surface area contributed by atoms with Crippen LogP contribution in [-0.2, 0) is 22.6 Å². The van der Waals surface area contributed by atoms with Crippen LogP contribution in [0.3, 0.4) is 0 Å². The van der Waals surface area contributed by atoms with Crippen LogP contribution in [0.15, 0.2) is 64.2 Å². The lowest BCUT2D eigenvalue weighted by Gasteiger charge is -2.14. The lowest BCUT2D eigenvalue weighted by Crippen LogP contribution is -2.08. The molecule has 0 saturated heterocycles. The number of sulfone groups is 1. The topological polar surface area (TPSA) is 120 Å². The monoisotopic (exact) mass is 620 g/mol. The van der Waals surface area contributed by atoms with Gasteiger partial charge in [0.25, 0.3) is 0 Å². The van der Waals surface area contributed by atoms with E-state index in [0.29, 0.717) is 0 Å². The fraction of sp³-hybridized carbons (Fsp3) is 0.179. The molecule has 2 aromatic carbocycles. The van der Waals surface area contributed by atoms with Crippen LogP contribution in [0, 0.1) is 18.6 Å². The molecular formula is C28H21F5N4O5S. The molecule has 0 spiro atoms. The largest absolute Gasteiger partial charge is 0.479 e. The molecule has 9 nitrogen and oxygen atoms in total. The number of oxazole rings is 1. The average molecular weight is 621 g/mol. The van der Waals surface area contributed by atoms with Crippen molar-refractivity contribution in [2.45, 2.75) is 24.6 Å². The highest BCUT2D eigenvalue weighted by Crippen LogP contribution is 2.40. The Hall–Kier alpha value is -4.63. The molecule has 15 heteroatoms. The molecule has 5 rings (SSSR count). The SMILES string of the molecule is COc1ncc(-c2oc(C)nc2-c2cc(-c3cc(F)c(CO)c(S(C)(=O)=O)c3)ccc2-n2ccc(C(F)(F)F)n2)cc1F. The molecule has 0 atom stereocenters. The fourth-order valence-electron chi connectivity index (χ4n) is 4.48. The van der Waals surface area contributed by atoms with Crippen molar-refractivity contribution in [2.75, 3.05) is 13.4 Å². The van der Waals surface area contributed by atoms with E-state index in [4.69, 9.17) is 9.15 Å². The molecule has 224 valence electrons. The van der Waals surface area contributed by atoms with Crippen LogP contribution in [0.2, 0.25) is 0 Å². The van der Waals surface area contributed by atoms with Crippen molar-refractivity contribution >= 4 is 9.84 Å². The van der Waals surface area contributed by atoms with Gasteiger partial charge in [0.15, 0.2) is 33.0 Å². The highest BCUT2D eigenvalue weighted by atomic mass is 32.2. The molecule has 0 radical (unpaired) electrons. The number of pyridine rings is 1. The van der Waals surface area contributed by atoms with Gasteiger partial charge in [-0.1, -0.05) is 6.07 Å². The van der Waals surface area contributed by atoms with E-state index in [2.05, 4.69) is 15.1 Å². The fourth-order valence-corrected chi connectivity index (χ4v) is 5.43. The predicted molar refractivity (Wildman–Crippen MR) is 143 cm³/mol. The van der Waals surface area contributed by atoms with Gasteiger partial charge in [-0.15, -0.1) is 0 Å². The van der Waals surface area contributed by atoms with Crippen LogP contribution in [0.5, 0.6) is 5.88 Å². The van der Waals surface area contributed by atoms with E-state index in [0.717, 1.165) is 35.3 Å².